The van der Waals surface area contributed by atoms with Crippen LogP contribution in [0.1, 0.15) is 158 Å². The quantitative estimate of drug-likeness (QED) is 0.153. The Bertz CT molecular complexity index is 4430. The maximum atomic E-state index is 2.57. The Morgan fingerprint density at radius 2 is 0.631 bits per heavy atom. The first-order chi connectivity index (χ1) is 40.0. The van der Waals surface area contributed by atoms with E-state index in [0.717, 1.165) is 5.69 Å². The second-order valence-corrected chi connectivity index (χ2v) is 29.4. The minimum atomic E-state index is -0.212. The number of hydrogen-bond acceptors (Lipinski definition) is 2. The van der Waals surface area contributed by atoms with Gasteiger partial charge in [0.2, 0.25) is 0 Å². The summed E-state index contributed by atoms with van der Waals surface area (Å²) in [6, 6.07) is 71.1. The van der Waals surface area contributed by atoms with Gasteiger partial charge in [-0.3, -0.25) is 0 Å². The van der Waals surface area contributed by atoms with E-state index < -0.39 is 0 Å². The molecule has 0 aromatic heterocycles. The standard InChI is InChI=1S/C82H78N2/c1-77(2,3)75-63-41-35-50(84(53-33-39-61-57-25-17-21-29-69(57)81(11,12)73(61)47-53)54-34-40-62-58-26-18-22-30-70(58)82(13,14)74(62)48-54)44-66(63)76(78(4,5)6)64-42-36-49(43-65(64)75)83(51-31-37-59-55-23-15-19-27-67(55)79(7,8)71(59)45-51)52-32-38-60-56-24-16-20-28-68(56)80(9,10)72(60)46-52/h15-48,55,67H,1-14H3. The van der Waals surface area contributed by atoms with E-state index in [2.05, 4.69) is 313 Å². The van der Waals surface area contributed by atoms with Crippen LogP contribution in [0.2, 0.25) is 0 Å². The predicted molar refractivity (Wildman–Crippen MR) is 358 cm³/mol. The SMILES string of the molecule is CC(C)(C)c1c2ccc(N(c3ccc4c(c3)C(C)(C)c3ccccc3-4)c3ccc4c(c3)C(C)(C)C3C=CC=CC43)cc2c(C(C)(C)C)c2ccc(N(c3ccc4c(c3)C(C)(C)c3ccccc3-4)c3ccc4c(c3)C(C)(C)c3ccccc3-4)cc12. The van der Waals surface area contributed by atoms with E-state index in [9.17, 15) is 0 Å². The fourth-order valence-electron chi connectivity index (χ4n) is 16.8. The molecule has 2 heteroatoms. The van der Waals surface area contributed by atoms with E-state index in [1.807, 2.05) is 0 Å². The molecule has 416 valence electrons. The molecule has 0 spiro atoms. The van der Waals surface area contributed by atoms with Gasteiger partial charge in [0.05, 0.1) is 0 Å². The van der Waals surface area contributed by atoms with Gasteiger partial charge in [-0.25, -0.2) is 0 Å². The van der Waals surface area contributed by atoms with E-state index in [1.54, 1.807) is 0 Å². The Morgan fingerprint density at radius 3 is 1.02 bits per heavy atom. The van der Waals surface area contributed by atoms with Crippen LogP contribution in [0.25, 0.3) is 54.9 Å². The third-order valence-electron chi connectivity index (χ3n) is 20.9. The van der Waals surface area contributed by atoms with E-state index in [-0.39, 0.29) is 32.5 Å². The minimum absolute atomic E-state index is 0.0335. The maximum Gasteiger partial charge on any atom is 0.0468 e. The monoisotopic (exact) mass is 1090 g/mol. The van der Waals surface area contributed by atoms with Crippen molar-refractivity contribution in [2.24, 2.45) is 5.92 Å². The summed E-state index contributed by atoms with van der Waals surface area (Å²) in [6.07, 6.45) is 9.36. The molecule has 0 fully saturated rings. The van der Waals surface area contributed by atoms with Gasteiger partial charge in [0.15, 0.2) is 0 Å². The number of fused-ring (bicyclic) bond motifs is 14. The molecule has 15 rings (SSSR count). The highest BCUT2D eigenvalue weighted by Gasteiger charge is 2.45. The van der Waals surface area contributed by atoms with Gasteiger partial charge in [0, 0.05) is 56.3 Å². The zero-order chi connectivity index (χ0) is 58.4. The molecule has 5 aliphatic rings. The zero-order valence-corrected chi connectivity index (χ0v) is 51.7. The lowest BCUT2D eigenvalue weighted by atomic mass is 9.74. The van der Waals surface area contributed by atoms with Crippen LogP contribution in [0.3, 0.4) is 0 Å². The minimum Gasteiger partial charge on any atom is -0.310 e. The molecule has 10 aromatic rings. The van der Waals surface area contributed by atoms with Crippen molar-refractivity contribution >= 4 is 55.7 Å². The zero-order valence-electron chi connectivity index (χ0n) is 51.7. The van der Waals surface area contributed by atoms with E-state index in [0.29, 0.717) is 11.8 Å². The highest BCUT2D eigenvalue weighted by atomic mass is 15.1. The molecule has 0 amide bonds. The summed E-state index contributed by atoms with van der Waals surface area (Å²) in [5, 5.41) is 5.23. The smallest absolute Gasteiger partial charge is 0.0468 e. The van der Waals surface area contributed by atoms with Crippen molar-refractivity contribution in [1.82, 2.24) is 0 Å². The largest absolute Gasteiger partial charge is 0.310 e. The lowest BCUT2D eigenvalue weighted by molar-refractivity contribution is 0.394. The lowest BCUT2D eigenvalue weighted by Gasteiger charge is -2.34. The third-order valence-corrected chi connectivity index (χ3v) is 20.9. The molecule has 5 aliphatic carbocycles. The predicted octanol–water partition coefficient (Wildman–Crippen LogP) is 22.6. The first-order valence-corrected chi connectivity index (χ1v) is 30.8. The van der Waals surface area contributed by atoms with Gasteiger partial charge in [-0.2, -0.15) is 0 Å². The van der Waals surface area contributed by atoms with Crippen molar-refractivity contribution in [2.45, 2.75) is 135 Å². The van der Waals surface area contributed by atoms with Gasteiger partial charge in [-0.1, -0.05) is 230 Å². The van der Waals surface area contributed by atoms with Gasteiger partial charge in [0.25, 0.3) is 0 Å². The summed E-state index contributed by atoms with van der Waals surface area (Å²) in [5.74, 6) is 0.800. The van der Waals surface area contributed by atoms with Crippen LogP contribution >= 0.6 is 0 Å². The topological polar surface area (TPSA) is 6.48 Å². The average Bonchev–Trinajstić information content (AvgIpc) is 2.26. The highest BCUT2D eigenvalue weighted by Crippen LogP contribution is 2.58. The summed E-state index contributed by atoms with van der Waals surface area (Å²) in [7, 11) is 0. The molecule has 0 heterocycles. The van der Waals surface area contributed by atoms with Crippen LogP contribution in [-0.4, -0.2) is 0 Å². The number of benzene rings is 10. The first-order valence-electron chi connectivity index (χ1n) is 30.8. The normalized spacial score (nSPS) is 18.4. The van der Waals surface area contributed by atoms with Crippen LogP contribution < -0.4 is 9.80 Å². The van der Waals surface area contributed by atoms with Gasteiger partial charge in [-0.15, -0.1) is 0 Å². The molecule has 2 nitrogen and oxygen atoms in total. The molecular weight excluding hydrogens is 1010 g/mol. The fourth-order valence-corrected chi connectivity index (χ4v) is 16.8. The molecular formula is C82H78N2. The Hall–Kier alpha value is -8.20. The Kier molecular flexibility index (Phi) is 11.1. The Morgan fingerprint density at radius 1 is 0.310 bits per heavy atom. The van der Waals surface area contributed by atoms with Crippen molar-refractivity contribution in [2.75, 3.05) is 9.80 Å². The molecule has 0 radical (unpaired) electrons. The van der Waals surface area contributed by atoms with Crippen molar-refractivity contribution in [3.8, 4) is 33.4 Å². The van der Waals surface area contributed by atoms with Crippen molar-refractivity contribution < 1.29 is 0 Å². The molecule has 2 atom stereocenters. The molecule has 84 heavy (non-hydrogen) atoms. The molecule has 0 N–H and O–H groups in total. The second-order valence-electron chi connectivity index (χ2n) is 29.4. The number of hydrogen-bond donors (Lipinski definition) is 0. The van der Waals surface area contributed by atoms with Gasteiger partial charge in [0.1, 0.15) is 0 Å². The van der Waals surface area contributed by atoms with Gasteiger partial charge in [-0.05, 0) is 206 Å². The Balaban J connectivity index is 0.951. The van der Waals surface area contributed by atoms with Gasteiger partial charge < -0.3 is 9.80 Å². The molecule has 0 aliphatic heterocycles. The average molecular weight is 1090 g/mol. The van der Waals surface area contributed by atoms with Crippen molar-refractivity contribution in [3.05, 3.63) is 262 Å². The van der Waals surface area contributed by atoms with Crippen molar-refractivity contribution in [1.29, 1.82) is 0 Å². The molecule has 2 unspecified atom stereocenters. The molecule has 10 aromatic carbocycles. The number of anilines is 6. The highest BCUT2D eigenvalue weighted by molar-refractivity contribution is 6.10. The third kappa shape index (κ3) is 7.41. The van der Waals surface area contributed by atoms with E-state index in [4.69, 9.17) is 0 Å². The second kappa shape index (κ2) is 17.7. The first kappa shape index (κ1) is 52.6. The van der Waals surface area contributed by atoms with Crippen LogP contribution in [0.4, 0.5) is 34.1 Å². The molecule has 0 saturated heterocycles. The van der Waals surface area contributed by atoms with E-state index >= 15 is 0 Å². The lowest BCUT2D eigenvalue weighted by Crippen LogP contribution is -2.24. The van der Waals surface area contributed by atoms with Gasteiger partial charge >= 0.3 is 0 Å². The summed E-state index contributed by atoms with van der Waals surface area (Å²) >= 11 is 0. The summed E-state index contributed by atoms with van der Waals surface area (Å²) in [5.41, 5.74) is 28.1. The summed E-state index contributed by atoms with van der Waals surface area (Å²) in [6.45, 7) is 33.8. The number of allylic oxidation sites excluding steroid dienone is 4. The molecule has 0 bridgehead atoms. The van der Waals surface area contributed by atoms with Crippen LogP contribution in [0, 0.1) is 5.92 Å². The number of rotatable bonds is 6. The fraction of sp³-hybridized carbons (Fsp3) is 0.268. The van der Waals surface area contributed by atoms with Crippen LogP contribution in [0.15, 0.2) is 206 Å². The van der Waals surface area contributed by atoms with Crippen molar-refractivity contribution in [3.63, 3.8) is 0 Å². The van der Waals surface area contributed by atoms with Crippen LogP contribution in [0.5, 0.6) is 0 Å². The molecule has 0 saturated carbocycles. The maximum absolute atomic E-state index is 2.57. The van der Waals surface area contributed by atoms with Crippen LogP contribution in [-0.2, 0) is 32.5 Å². The number of nitrogens with zero attached hydrogens (tertiary/aromatic N) is 2. The Labute approximate surface area is 499 Å². The summed E-state index contributed by atoms with van der Waals surface area (Å²) in [4.78, 5) is 5.13. The summed E-state index contributed by atoms with van der Waals surface area (Å²) < 4.78 is 0. The van der Waals surface area contributed by atoms with E-state index in [1.165, 1.54) is 139 Å².